The van der Waals surface area contributed by atoms with Gasteiger partial charge in [-0.3, -0.25) is 0 Å². The number of nitrogens with zero attached hydrogens (tertiary/aromatic N) is 1. The molecule has 0 amide bonds. The van der Waals surface area contributed by atoms with Gasteiger partial charge in [-0.15, -0.1) is 0 Å². The van der Waals surface area contributed by atoms with Crippen molar-refractivity contribution in [1.82, 2.24) is 4.98 Å². The summed E-state index contributed by atoms with van der Waals surface area (Å²) in [6, 6.07) is 0. The third-order valence-electron chi connectivity index (χ3n) is 1.37. The SMILES string of the molecule is Nc1c(Cl)c(Br)nc(OCC(=O)O)c1Cl. The molecule has 0 saturated carbocycles. The Labute approximate surface area is 103 Å². The first-order valence-electron chi connectivity index (χ1n) is 3.58. The molecule has 0 aromatic carbocycles. The molecule has 1 aromatic heterocycles. The second-order valence-corrected chi connectivity index (χ2v) is 3.94. The molecule has 0 unspecified atom stereocenters. The highest BCUT2D eigenvalue weighted by Crippen LogP contribution is 2.38. The smallest absolute Gasteiger partial charge is 0.341 e. The van der Waals surface area contributed by atoms with Crippen molar-refractivity contribution in [3.05, 3.63) is 14.6 Å². The minimum atomic E-state index is -1.14. The van der Waals surface area contributed by atoms with Crippen molar-refractivity contribution in [2.45, 2.75) is 0 Å². The van der Waals surface area contributed by atoms with Gasteiger partial charge < -0.3 is 15.6 Å². The molecule has 0 spiro atoms. The molecule has 0 fully saturated rings. The lowest BCUT2D eigenvalue weighted by molar-refractivity contribution is -0.139. The Morgan fingerprint density at radius 1 is 1.53 bits per heavy atom. The average molecular weight is 316 g/mol. The number of aromatic nitrogens is 1. The molecule has 0 radical (unpaired) electrons. The lowest BCUT2D eigenvalue weighted by Gasteiger charge is -2.08. The lowest BCUT2D eigenvalue weighted by Crippen LogP contribution is -2.11. The van der Waals surface area contributed by atoms with Gasteiger partial charge in [-0.1, -0.05) is 23.2 Å². The van der Waals surface area contributed by atoms with E-state index in [1.54, 1.807) is 0 Å². The van der Waals surface area contributed by atoms with Crippen LogP contribution in [0.3, 0.4) is 0 Å². The van der Waals surface area contributed by atoms with Gasteiger partial charge in [-0.25, -0.2) is 9.78 Å². The monoisotopic (exact) mass is 314 g/mol. The van der Waals surface area contributed by atoms with Crippen LogP contribution in [0.4, 0.5) is 5.69 Å². The second-order valence-electron chi connectivity index (χ2n) is 2.43. The molecule has 0 aliphatic carbocycles. The Balaban J connectivity index is 3.04. The molecule has 0 aliphatic heterocycles. The predicted octanol–water partition coefficient (Wildman–Crippen LogP) is 2.20. The summed E-state index contributed by atoms with van der Waals surface area (Å²) >= 11 is 14.5. The number of carboxylic acid groups (broad SMARTS) is 1. The van der Waals surface area contributed by atoms with Gasteiger partial charge in [0, 0.05) is 0 Å². The number of pyridine rings is 1. The summed E-state index contributed by atoms with van der Waals surface area (Å²) in [6.45, 7) is -0.555. The van der Waals surface area contributed by atoms with Crippen LogP contribution in [0.1, 0.15) is 0 Å². The number of rotatable bonds is 3. The summed E-state index contributed by atoms with van der Waals surface area (Å²) < 4.78 is 5.05. The minimum absolute atomic E-state index is 0.00977. The zero-order chi connectivity index (χ0) is 11.6. The molecule has 3 N–H and O–H groups in total. The summed E-state index contributed by atoms with van der Waals surface area (Å²) in [6.07, 6.45) is 0. The van der Waals surface area contributed by atoms with Crippen molar-refractivity contribution in [1.29, 1.82) is 0 Å². The van der Waals surface area contributed by atoms with Gasteiger partial charge in [-0.05, 0) is 15.9 Å². The molecule has 0 atom stereocenters. The maximum absolute atomic E-state index is 10.3. The van der Waals surface area contributed by atoms with Crippen LogP contribution in [-0.2, 0) is 4.79 Å². The fourth-order valence-corrected chi connectivity index (χ4v) is 1.49. The lowest BCUT2D eigenvalue weighted by atomic mass is 10.4. The Hall–Kier alpha value is -0.720. The molecular weight excluding hydrogens is 311 g/mol. The number of carboxylic acids is 1. The first-order chi connectivity index (χ1) is 6.93. The average Bonchev–Trinajstić information content (AvgIpc) is 2.18. The maximum Gasteiger partial charge on any atom is 0.341 e. The van der Waals surface area contributed by atoms with E-state index in [1.165, 1.54) is 0 Å². The number of carbonyl (C=O) groups is 1. The van der Waals surface area contributed by atoms with Crippen molar-refractivity contribution >= 4 is 50.8 Å². The second kappa shape index (κ2) is 4.87. The van der Waals surface area contributed by atoms with Gasteiger partial charge in [0.05, 0.1) is 10.7 Å². The summed E-state index contributed by atoms with van der Waals surface area (Å²) in [4.78, 5) is 14.0. The minimum Gasteiger partial charge on any atom is -0.479 e. The van der Waals surface area contributed by atoms with E-state index in [9.17, 15) is 4.79 Å². The maximum atomic E-state index is 10.3. The van der Waals surface area contributed by atoms with E-state index in [2.05, 4.69) is 20.9 Å². The zero-order valence-electron chi connectivity index (χ0n) is 7.13. The molecule has 1 rings (SSSR count). The number of nitrogens with two attached hydrogens (primary N) is 1. The Morgan fingerprint density at radius 2 is 2.13 bits per heavy atom. The van der Waals surface area contributed by atoms with Crippen LogP contribution in [-0.4, -0.2) is 22.7 Å². The van der Waals surface area contributed by atoms with Crippen molar-refractivity contribution in [2.75, 3.05) is 12.3 Å². The number of anilines is 1. The number of ether oxygens (including phenoxy) is 1. The third kappa shape index (κ3) is 2.87. The van der Waals surface area contributed by atoms with E-state index in [0.717, 1.165) is 0 Å². The Morgan fingerprint density at radius 3 is 2.67 bits per heavy atom. The zero-order valence-corrected chi connectivity index (χ0v) is 10.2. The normalized spacial score (nSPS) is 10.1. The van der Waals surface area contributed by atoms with Crippen molar-refractivity contribution in [3.63, 3.8) is 0 Å². The van der Waals surface area contributed by atoms with Crippen LogP contribution >= 0.6 is 39.1 Å². The number of nitrogen functional groups attached to an aromatic ring is 1. The number of aliphatic carboxylic acids is 1. The van der Waals surface area contributed by atoms with Crippen LogP contribution in [0, 0.1) is 0 Å². The fourth-order valence-electron chi connectivity index (χ4n) is 0.736. The van der Waals surface area contributed by atoms with E-state index < -0.39 is 12.6 Å². The molecule has 5 nitrogen and oxygen atoms in total. The van der Waals surface area contributed by atoms with E-state index in [-0.39, 0.29) is 26.2 Å². The third-order valence-corrected chi connectivity index (χ3v) is 2.92. The molecule has 0 saturated heterocycles. The van der Waals surface area contributed by atoms with Gasteiger partial charge in [-0.2, -0.15) is 0 Å². The van der Waals surface area contributed by atoms with Crippen LogP contribution in [0.2, 0.25) is 10.0 Å². The van der Waals surface area contributed by atoms with E-state index in [1.807, 2.05) is 0 Å². The molecule has 82 valence electrons. The molecule has 15 heavy (non-hydrogen) atoms. The van der Waals surface area contributed by atoms with Crippen molar-refractivity contribution in [3.8, 4) is 5.88 Å². The molecule has 0 bridgehead atoms. The van der Waals surface area contributed by atoms with Gasteiger partial charge in [0.15, 0.2) is 6.61 Å². The molecule has 8 heteroatoms. The summed E-state index contributed by atoms with van der Waals surface area (Å²) in [5, 5.41) is 8.54. The molecular formula is C7H5BrCl2N2O3. The first-order valence-corrected chi connectivity index (χ1v) is 5.13. The topological polar surface area (TPSA) is 85.4 Å². The van der Waals surface area contributed by atoms with Gasteiger partial charge >= 0.3 is 5.97 Å². The summed E-state index contributed by atoms with van der Waals surface area (Å²) in [5.41, 5.74) is 5.61. The largest absolute Gasteiger partial charge is 0.479 e. The van der Waals surface area contributed by atoms with Crippen molar-refractivity contribution in [2.24, 2.45) is 0 Å². The van der Waals surface area contributed by atoms with Crippen LogP contribution in [0.5, 0.6) is 5.88 Å². The van der Waals surface area contributed by atoms with Gasteiger partial charge in [0.25, 0.3) is 0 Å². The van der Waals surface area contributed by atoms with Gasteiger partial charge in [0.2, 0.25) is 5.88 Å². The first kappa shape index (κ1) is 12.4. The quantitative estimate of drug-likeness (QED) is 0.835. The van der Waals surface area contributed by atoms with Crippen LogP contribution in [0.25, 0.3) is 0 Å². The summed E-state index contributed by atoms with van der Waals surface area (Å²) in [5.74, 6) is -1.22. The molecule has 1 heterocycles. The highest BCUT2D eigenvalue weighted by atomic mass is 79.9. The van der Waals surface area contributed by atoms with Crippen molar-refractivity contribution < 1.29 is 14.6 Å². The van der Waals surface area contributed by atoms with E-state index >= 15 is 0 Å². The Kier molecular flexibility index (Phi) is 4.01. The fraction of sp³-hybridized carbons (Fsp3) is 0.143. The number of hydrogen-bond donors (Lipinski definition) is 2. The summed E-state index contributed by atoms with van der Waals surface area (Å²) in [7, 11) is 0. The highest BCUT2D eigenvalue weighted by Gasteiger charge is 2.15. The van der Waals surface area contributed by atoms with Crippen LogP contribution < -0.4 is 10.5 Å². The molecule has 1 aromatic rings. The predicted molar refractivity (Wildman–Crippen MR) is 59.5 cm³/mol. The molecule has 0 aliphatic rings. The van der Waals surface area contributed by atoms with Crippen LogP contribution in [0.15, 0.2) is 4.60 Å². The highest BCUT2D eigenvalue weighted by molar-refractivity contribution is 9.10. The van der Waals surface area contributed by atoms with E-state index in [0.29, 0.717) is 0 Å². The van der Waals surface area contributed by atoms with E-state index in [4.69, 9.17) is 38.8 Å². The number of hydrogen-bond acceptors (Lipinski definition) is 4. The number of halogens is 3. The standard InChI is InChI=1S/C7H5BrCl2N2O3/c8-6-3(9)5(11)4(10)7(12-6)15-1-2(13)14/h1H2,(H2,11,12)(H,13,14). The Bertz CT molecular complexity index is 414. The van der Waals surface area contributed by atoms with Gasteiger partial charge in [0.1, 0.15) is 9.63 Å².